The normalized spacial score (nSPS) is 14.6. The summed E-state index contributed by atoms with van der Waals surface area (Å²) in [6, 6.07) is 9.03. The molecule has 0 aliphatic heterocycles. The van der Waals surface area contributed by atoms with Crippen LogP contribution in [0.3, 0.4) is 0 Å². The minimum atomic E-state index is 0.169. The second-order valence-electron chi connectivity index (χ2n) is 6.00. The molecule has 0 bridgehead atoms. The molecule has 2 atom stereocenters. The Morgan fingerprint density at radius 1 is 1.05 bits per heavy atom. The van der Waals surface area contributed by atoms with Crippen molar-refractivity contribution in [3.63, 3.8) is 0 Å². The molecule has 0 spiro atoms. The number of hydrogen-bond donors (Lipinski definition) is 1. The van der Waals surface area contributed by atoms with Crippen LogP contribution < -0.4 is 5.73 Å². The summed E-state index contributed by atoms with van der Waals surface area (Å²) in [5.41, 5.74) is 8.94. The Labute approximate surface area is 123 Å². The SMILES string of the molecule is CCC(C)CSCC(N)c1ccc(CC(C)C)cc1. The lowest BCUT2D eigenvalue weighted by Gasteiger charge is -2.14. The summed E-state index contributed by atoms with van der Waals surface area (Å²) in [5.74, 6) is 3.75. The average molecular weight is 279 g/mol. The number of thioether (sulfide) groups is 1. The predicted octanol–water partition coefficient (Wildman–Crippen LogP) is 4.66. The maximum atomic E-state index is 6.25. The largest absolute Gasteiger partial charge is 0.323 e. The molecule has 2 unspecified atom stereocenters. The molecule has 1 aromatic rings. The van der Waals surface area contributed by atoms with Gasteiger partial charge < -0.3 is 5.73 Å². The van der Waals surface area contributed by atoms with E-state index in [2.05, 4.69) is 52.0 Å². The van der Waals surface area contributed by atoms with Gasteiger partial charge in [-0.3, -0.25) is 0 Å². The standard InChI is InChI=1S/C17H29NS/c1-5-14(4)11-19-12-17(18)16-8-6-15(7-9-16)10-13(2)3/h6-9,13-14,17H,5,10-12,18H2,1-4H3. The zero-order valence-corrected chi connectivity index (χ0v) is 13.7. The maximum absolute atomic E-state index is 6.25. The Balaban J connectivity index is 2.42. The molecule has 0 radical (unpaired) electrons. The van der Waals surface area contributed by atoms with Crippen molar-refractivity contribution in [1.82, 2.24) is 0 Å². The van der Waals surface area contributed by atoms with Crippen molar-refractivity contribution in [2.75, 3.05) is 11.5 Å². The molecule has 0 saturated heterocycles. The number of benzene rings is 1. The summed E-state index contributed by atoms with van der Waals surface area (Å²) in [6.07, 6.45) is 2.41. The fourth-order valence-electron chi connectivity index (χ4n) is 1.98. The van der Waals surface area contributed by atoms with E-state index in [1.807, 2.05) is 11.8 Å². The quantitative estimate of drug-likeness (QED) is 0.748. The van der Waals surface area contributed by atoms with Crippen LogP contribution >= 0.6 is 11.8 Å². The average Bonchev–Trinajstić information content (AvgIpc) is 2.38. The van der Waals surface area contributed by atoms with Gasteiger partial charge in [0.1, 0.15) is 0 Å². The Morgan fingerprint density at radius 2 is 1.68 bits per heavy atom. The van der Waals surface area contributed by atoms with E-state index < -0.39 is 0 Å². The van der Waals surface area contributed by atoms with Crippen LogP contribution in [0.15, 0.2) is 24.3 Å². The van der Waals surface area contributed by atoms with Crippen molar-refractivity contribution in [2.45, 2.75) is 46.6 Å². The molecule has 1 rings (SSSR count). The molecule has 0 aliphatic rings. The van der Waals surface area contributed by atoms with Gasteiger partial charge in [0.2, 0.25) is 0 Å². The molecule has 108 valence electrons. The lowest BCUT2D eigenvalue weighted by Crippen LogP contribution is -2.14. The number of nitrogens with two attached hydrogens (primary N) is 1. The van der Waals surface area contributed by atoms with Gasteiger partial charge in [0.15, 0.2) is 0 Å². The number of hydrogen-bond acceptors (Lipinski definition) is 2. The lowest BCUT2D eigenvalue weighted by atomic mass is 10.0. The van der Waals surface area contributed by atoms with Crippen molar-refractivity contribution in [2.24, 2.45) is 17.6 Å². The maximum Gasteiger partial charge on any atom is 0.0386 e. The Hall–Kier alpha value is -0.470. The van der Waals surface area contributed by atoms with Gasteiger partial charge in [0.05, 0.1) is 0 Å². The fraction of sp³-hybridized carbons (Fsp3) is 0.647. The van der Waals surface area contributed by atoms with Gasteiger partial charge in [0, 0.05) is 11.8 Å². The van der Waals surface area contributed by atoms with Gasteiger partial charge in [-0.25, -0.2) is 0 Å². The smallest absolute Gasteiger partial charge is 0.0386 e. The zero-order chi connectivity index (χ0) is 14.3. The highest BCUT2D eigenvalue weighted by molar-refractivity contribution is 7.99. The third kappa shape index (κ3) is 6.49. The Kier molecular flexibility index (Phi) is 7.55. The Morgan fingerprint density at radius 3 is 2.21 bits per heavy atom. The topological polar surface area (TPSA) is 26.0 Å². The highest BCUT2D eigenvalue weighted by Crippen LogP contribution is 2.20. The van der Waals surface area contributed by atoms with Gasteiger partial charge in [-0.1, -0.05) is 58.4 Å². The van der Waals surface area contributed by atoms with Gasteiger partial charge in [-0.05, 0) is 35.1 Å². The molecule has 0 saturated carbocycles. The van der Waals surface area contributed by atoms with Crippen LogP contribution in [0.2, 0.25) is 0 Å². The first-order valence-electron chi connectivity index (χ1n) is 7.45. The zero-order valence-electron chi connectivity index (χ0n) is 12.9. The van der Waals surface area contributed by atoms with Gasteiger partial charge >= 0.3 is 0 Å². The van der Waals surface area contributed by atoms with E-state index in [-0.39, 0.29) is 6.04 Å². The van der Waals surface area contributed by atoms with E-state index in [1.165, 1.54) is 23.3 Å². The van der Waals surface area contributed by atoms with Gasteiger partial charge in [-0.15, -0.1) is 0 Å². The molecule has 0 heterocycles. The van der Waals surface area contributed by atoms with Crippen molar-refractivity contribution in [3.8, 4) is 0 Å². The summed E-state index contributed by atoms with van der Waals surface area (Å²) < 4.78 is 0. The molecule has 0 aromatic heterocycles. The molecule has 1 aromatic carbocycles. The van der Waals surface area contributed by atoms with E-state index in [1.54, 1.807) is 0 Å². The van der Waals surface area contributed by atoms with E-state index in [0.29, 0.717) is 5.92 Å². The first-order chi connectivity index (χ1) is 9.02. The molecule has 2 heteroatoms. The first kappa shape index (κ1) is 16.6. The first-order valence-corrected chi connectivity index (χ1v) is 8.60. The van der Waals surface area contributed by atoms with E-state index >= 15 is 0 Å². The van der Waals surface area contributed by atoms with Crippen molar-refractivity contribution < 1.29 is 0 Å². The summed E-state index contributed by atoms with van der Waals surface area (Å²) in [5, 5.41) is 0. The van der Waals surface area contributed by atoms with Crippen LogP contribution in [0.5, 0.6) is 0 Å². The monoisotopic (exact) mass is 279 g/mol. The molecule has 2 N–H and O–H groups in total. The molecule has 0 fully saturated rings. The Bertz CT molecular complexity index is 345. The van der Waals surface area contributed by atoms with Crippen molar-refractivity contribution >= 4 is 11.8 Å². The van der Waals surface area contributed by atoms with Gasteiger partial charge in [0.25, 0.3) is 0 Å². The van der Waals surface area contributed by atoms with Crippen LogP contribution in [-0.2, 0) is 6.42 Å². The molecule has 0 aliphatic carbocycles. The van der Waals surface area contributed by atoms with Crippen LogP contribution in [-0.4, -0.2) is 11.5 Å². The van der Waals surface area contributed by atoms with Gasteiger partial charge in [-0.2, -0.15) is 11.8 Å². The minimum absolute atomic E-state index is 0.169. The summed E-state index contributed by atoms with van der Waals surface area (Å²) in [7, 11) is 0. The third-order valence-electron chi connectivity index (χ3n) is 3.45. The van der Waals surface area contributed by atoms with Crippen LogP contribution in [0, 0.1) is 11.8 Å². The lowest BCUT2D eigenvalue weighted by molar-refractivity contribution is 0.636. The van der Waals surface area contributed by atoms with E-state index in [4.69, 9.17) is 5.73 Å². The van der Waals surface area contributed by atoms with E-state index in [9.17, 15) is 0 Å². The highest BCUT2D eigenvalue weighted by Gasteiger charge is 2.07. The second-order valence-corrected chi connectivity index (χ2v) is 7.07. The summed E-state index contributed by atoms with van der Waals surface area (Å²) in [6.45, 7) is 9.06. The molecule has 19 heavy (non-hydrogen) atoms. The van der Waals surface area contributed by atoms with Crippen LogP contribution in [0.4, 0.5) is 0 Å². The molecular formula is C17H29NS. The molecule has 1 nitrogen and oxygen atoms in total. The predicted molar refractivity (Wildman–Crippen MR) is 88.7 cm³/mol. The highest BCUT2D eigenvalue weighted by atomic mass is 32.2. The summed E-state index contributed by atoms with van der Waals surface area (Å²) >= 11 is 1.98. The molecular weight excluding hydrogens is 250 g/mol. The number of rotatable bonds is 8. The fourth-order valence-corrected chi connectivity index (χ4v) is 3.20. The molecule has 0 amide bonds. The van der Waals surface area contributed by atoms with Crippen molar-refractivity contribution in [1.29, 1.82) is 0 Å². The van der Waals surface area contributed by atoms with E-state index in [0.717, 1.165) is 18.1 Å². The third-order valence-corrected chi connectivity index (χ3v) is 4.85. The minimum Gasteiger partial charge on any atom is -0.323 e. The van der Waals surface area contributed by atoms with Crippen LogP contribution in [0.25, 0.3) is 0 Å². The van der Waals surface area contributed by atoms with Crippen molar-refractivity contribution in [3.05, 3.63) is 35.4 Å². The summed E-state index contributed by atoms with van der Waals surface area (Å²) in [4.78, 5) is 0. The second kappa shape index (κ2) is 8.65. The van der Waals surface area contributed by atoms with Crippen LogP contribution in [0.1, 0.15) is 51.3 Å².